The van der Waals surface area contributed by atoms with Crippen molar-refractivity contribution in [2.75, 3.05) is 26.7 Å². The van der Waals surface area contributed by atoms with Crippen LogP contribution in [0.5, 0.6) is 5.75 Å². The van der Waals surface area contributed by atoms with Crippen LogP contribution in [0, 0.1) is 5.92 Å². The Kier molecular flexibility index (Phi) is 8.11. The van der Waals surface area contributed by atoms with Gasteiger partial charge in [0, 0.05) is 31.6 Å². The summed E-state index contributed by atoms with van der Waals surface area (Å²) in [5.74, 6) is 0.288. The number of sulfonamides is 1. The van der Waals surface area contributed by atoms with Gasteiger partial charge in [0.15, 0.2) is 0 Å². The lowest BCUT2D eigenvalue weighted by molar-refractivity contribution is 0.0733. The molecule has 0 unspecified atom stereocenters. The maximum atomic E-state index is 13.5. The third kappa shape index (κ3) is 5.59. The summed E-state index contributed by atoms with van der Waals surface area (Å²) in [4.78, 5) is 2.34. The summed E-state index contributed by atoms with van der Waals surface area (Å²) >= 11 is 0. The molecule has 0 spiro atoms. The van der Waals surface area contributed by atoms with Crippen molar-refractivity contribution < 1.29 is 18.3 Å². The van der Waals surface area contributed by atoms with Crippen LogP contribution in [-0.2, 0) is 16.6 Å². The molecule has 0 fully saturated rings. The van der Waals surface area contributed by atoms with E-state index in [9.17, 15) is 13.5 Å². The average molecular weight is 459 g/mol. The van der Waals surface area contributed by atoms with E-state index in [1.807, 2.05) is 51.2 Å². The van der Waals surface area contributed by atoms with Gasteiger partial charge in [0.1, 0.15) is 16.7 Å². The number of aliphatic hydroxyl groups is 1. The second kappa shape index (κ2) is 10.6. The average Bonchev–Trinajstić information content (AvgIpc) is 2.76. The molecule has 32 heavy (non-hydrogen) atoms. The van der Waals surface area contributed by atoms with E-state index in [1.54, 1.807) is 25.1 Å². The van der Waals surface area contributed by atoms with Crippen LogP contribution in [0.25, 0.3) is 6.08 Å². The number of nitrogens with zero attached hydrogens (tertiary/aromatic N) is 2. The van der Waals surface area contributed by atoms with Crippen LogP contribution in [0.1, 0.15) is 31.9 Å². The van der Waals surface area contributed by atoms with Crippen molar-refractivity contribution in [3.05, 3.63) is 65.7 Å². The summed E-state index contributed by atoms with van der Waals surface area (Å²) in [6.45, 7) is 7.12. The molecule has 174 valence electrons. The Morgan fingerprint density at radius 3 is 2.62 bits per heavy atom. The van der Waals surface area contributed by atoms with Gasteiger partial charge < -0.3 is 9.84 Å². The maximum absolute atomic E-state index is 13.5. The van der Waals surface area contributed by atoms with Crippen molar-refractivity contribution in [1.82, 2.24) is 9.21 Å². The molecule has 1 aliphatic rings. The molecule has 0 bridgehead atoms. The summed E-state index contributed by atoms with van der Waals surface area (Å²) in [7, 11) is -1.76. The van der Waals surface area contributed by atoms with Gasteiger partial charge >= 0.3 is 0 Å². The first kappa shape index (κ1) is 24.5. The van der Waals surface area contributed by atoms with Gasteiger partial charge in [-0.2, -0.15) is 4.31 Å². The van der Waals surface area contributed by atoms with Crippen LogP contribution >= 0.6 is 0 Å². The third-order valence-electron chi connectivity index (χ3n) is 5.84. The molecule has 3 atom stereocenters. The molecule has 2 aromatic carbocycles. The van der Waals surface area contributed by atoms with Crippen LogP contribution in [0.3, 0.4) is 0 Å². The van der Waals surface area contributed by atoms with Crippen molar-refractivity contribution in [2.45, 2.75) is 44.4 Å². The van der Waals surface area contributed by atoms with Gasteiger partial charge in [0.25, 0.3) is 0 Å². The molecule has 0 saturated carbocycles. The SMILES string of the molecule is C/C=C/c1ccc2c(c1)O[C@H](CN(C)Cc1ccccc1)[C@H](C)CN([C@@H](C)CO)S2(=O)=O. The quantitative estimate of drug-likeness (QED) is 0.686. The van der Waals surface area contributed by atoms with Gasteiger partial charge in [-0.05, 0) is 44.2 Å². The molecule has 0 aromatic heterocycles. The van der Waals surface area contributed by atoms with E-state index in [4.69, 9.17) is 4.74 Å². The number of fused-ring (bicyclic) bond motifs is 1. The van der Waals surface area contributed by atoms with E-state index < -0.39 is 16.1 Å². The molecule has 7 heteroatoms. The minimum atomic E-state index is -3.81. The lowest BCUT2D eigenvalue weighted by Gasteiger charge is -2.37. The predicted molar refractivity (Wildman–Crippen MR) is 128 cm³/mol. The summed E-state index contributed by atoms with van der Waals surface area (Å²) in [6.07, 6.45) is 3.61. The van der Waals surface area contributed by atoms with Gasteiger partial charge in [-0.15, -0.1) is 0 Å². The Morgan fingerprint density at radius 2 is 1.97 bits per heavy atom. The minimum absolute atomic E-state index is 0.0736. The third-order valence-corrected chi connectivity index (χ3v) is 7.86. The summed E-state index contributed by atoms with van der Waals surface area (Å²) in [5.41, 5.74) is 2.09. The lowest BCUT2D eigenvalue weighted by atomic mass is 10.0. The molecule has 3 rings (SSSR count). The highest BCUT2D eigenvalue weighted by atomic mass is 32.2. The molecule has 0 radical (unpaired) electrons. The van der Waals surface area contributed by atoms with Gasteiger partial charge in [0.05, 0.1) is 6.61 Å². The van der Waals surface area contributed by atoms with Crippen molar-refractivity contribution >= 4 is 16.1 Å². The fourth-order valence-electron chi connectivity index (χ4n) is 4.02. The number of allylic oxidation sites excluding steroid dienone is 1. The van der Waals surface area contributed by atoms with Gasteiger partial charge in [-0.25, -0.2) is 8.42 Å². The van der Waals surface area contributed by atoms with Gasteiger partial charge in [0.2, 0.25) is 10.0 Å². The highest BCUT2D eigenvalue weighted by molar-refractivity contribution is 7.89. The van der Waals surface area contributed by atoms with E-state index >= 15 is 0 Å². The van der Waals surface area contributed by atoms with Crippen molar-refractivity contribution in [3.63, 3.8) is 0 Å². The fraction of sp³-hybridized carbons (Fsp3) is 0.440. The Bertz CT molecular complexity index is 1020. The van der Waals surface area contributed by atoms with Crippen molar-refractivity contribution in [1.29, 1.82) is 0 Å². The predicted octanol–water partition coefficient (Wildman–Crippen LogP) is 3.62. The molecule has 1 heterocycles. The Balaban J connectivity index is 1.97. The molecule has 2 aromatic rings. The van der Waals surface area contributed by atoms with E-state index in [0.29, 0.717) is 12.3 Å². The molecule has 0 aliphatic carbocycles. The van der Waals surface area contributed by atoms with Crippen LogP contribution in [-0.4, -0.2) is 61.6 Å². The number of aliphatic hydroxyl groups excluding tert-OH is 1. The second-order valence-electron chi connectivity index (χ2n) is 8.63. The van der Waals surface area contributed by atoms with E-state index in [-0.39, 0.29) is 30.1 Å². The van der Waals surface area contributed by atoms with E-state index in [2.05, 4.69) is 17.0 Å². The number of benzene rings is 2. The molecule has 0 amide bonds. The molecule has 6 nitrogen and oxygen atoms in total. The topological polar surface area (TPSA) is 70.1 Å². The molecule has 1 aliphatic heterocycles. The van der Waals surface area contributed by atoms with Crippen molar-refractivity contribution in [2.24, 2.45) is 5.92 Å². The van der Waals surface area contributed by atoms with Crippen LogP contribution < -0.4 is 4.74 Å². The summed E-state index contributed by atoms with van der Waals surface area (Å²) < 4.78 is 34.8. The van der Waals surface area contributed by atoms with E-state index in [1.165, 1.54) is 9.87 Å². The molecule has 0 saturated heterocycles. The minimum Gasteiger partial charge on any atom is -0.487 e. The summed E-state index contributed by atoms with van der Waals surface area (Å²) in [6, 6.07) is 14.9. The Morgan fingerprint density at radius 1 is 1.25 bits per heavy atom. The number of ether oxygens (including phenoxy) is 1. The summed E-state index contributed by atoms with van der Waals surface area (Å²) in [5, 5.41) is 9.75. The fourth-order valence-corrected chi connectivity index (χ4v) is 5.85. The van der Waals surface area contributed by atoms with Gasteiger partial charge in [-0.1, -0.05) is 55.5 Å². The van der Waals surface area contributed by atoms with Crippen LogP contribution in [0.4, 0.5) is 0 Å². The zero-order chi connectivity index (χ0) is 23.3. The van der Waals surface area contributed by atoms with Crippen LogP contribution in [0.15, 0.2) is 59.5 Å². The molecular formula is C25H34N2O4S. The molecule has 1 N–H and O–H groups in total. The first-order valence-corrected chi connectivity index (χ1v) is 12.5. The Labute approximate surface area is 192 Å². The normalized spacial score (nSPS) is 22.2. The van der Waals surface area contributed by atoms with Crippen molar-refractivity contribution in [3.8, 4) is 5.75 Å². The molecular weight excluding hydrogens is 424 g/mol. The zero-order valence-corrected chi connectivity index (χ0v) is 20.1. The first-order valence-electron chi connectivity index (χ1n) is 11.0. The first-order chi connectivity index (χ1) is 15.3. The second-order valence-corrected chi connectivity index (χ2v) is 10.5. The Hall–Kier alpha value is -2.19. The maximum Gasteiger partial charge on any atom is 0.247 e. The highest BCUT2D eigenvalue weighted by Gasteiger charge is 2.38. The standard InChI is InChI=1S/C25H34N2O4S/c1-5-9-21-12-13-25-23(14-21)31-24(17-26(4)16-22-10-7-6-8-11-22)19(2)15-27(20(3)18-28)32(25,29)30/h5-14,19-20,24,28H,15-18H2,1-4H3/b9-5+/t19-,20+,24-/m1/s1. The number of hydrogen-bond acceptors (Lipinski definition) is 5. The monoisotopic (exact) mass is 458 g/mol. The smallest absolute Gasteiger partial charge is 0.247 e. The largest absolute Gasteiger partial charge is 0.487 e. The van der Waals surface area contributed by atoms with Gasteiger partial charge in [-0.3, -0.25) is 4.90 Å². The number of rotatable bonds is 7. The highest BCUT2D eigenvalue weighted by Crippen LogP contribution is 2.34. The number of likely N-dealkylation sites (N-methyl/N-ethyl adjacent to an activating group) is 1. The number of hydrogen-bond donors (Lipinski definition) is 1. The van der Waals surface area contributed by atoms with Crippen LogP contribution in [0.2, 0.25) is 0 Å². The van der Waals surface area contributed by atoms with E-state index in [0.717, 1.165) is 12.1 Å². The zero-order valence-electron chi connectivity index (χ0n) is 19.3. The lowest BCUT2D eigenvalue weighted by Crippen LogP contribution is -2.49.